The van der Waals surface area contributed by atoms with Gasteiger partial charge in [0.15, 0.2) is 17.8 Å². The highest BCUT2D eigenvalue weighted by Gasteiger charge is 2.34. The molecular weight excluding hydrogens is 284 g/mol. The molecular formula is C14H15ClO5. The van der Waals surface area contributed by atoms with Crippen molar-refractivity contribution in [3.63, 3.8) is 0 Å². The van der Waals surface area contributed by atoms with Crippen LogP contribution in [0.4, 0.5) is 0 Å². The minimum atomic E-state index is -0.934. The molecule has 0 aliphatic carbocycles. The van der Waals surface area contributed by atoms with Crippen molar-refractivity contribution in [3.8, 4) is 11.5 Å². The fourth-order valence-corrected chi connectivity index (χ4v) is 2.85. The van der Waals surface area contributed by atoms with E-state index in [-0.39, 0.29) is 6.42 Å². The fourth-order valence-electron chi connectivity index (χ4n) is 2.39. The Hall–Kier alpha value is -1.75. The van der Waals surface area contributed by atoms with Gasteiger partial charge in [-0.3, -0.25) is 9.59 Å². The number of ether oxygens (including phenoxy) is 2. The van der Waals surface area contributed by atoms with Crippen LogP contribution < -0.4 is 9.47 Å². The average Bonchev–Trinajstić information content (AvgIpc) is 2.35. The van der Waals surface area contributed by atoms with Crippen LogP contribution in [0.25, 0.3) is 0 Å². The van der Waals surface area contributed by atoms with Gasteiger partial charge in [-0.15, -0.1) is 0 Å². The lowest BCUT2D eigenvalue weighted by Crippen LogP contribution is -2.26. The Balaban J connectivity index is 2.64. The molecule has 0 radical (unpaired) electrons. The van der Waals surface area contributed by atoms with Crippen LogP contribution >= 0.6 is 11.6 Å². The number of aldehydes is 1. The normalized spacial score (nSPS) is 13.9. The lowest BCUT2D eigenvalue weighted by Gasteiger charge is -2.30. The molecule has 20 heavy (non-hydrogen) atoms. The topological polar surface area (TPSA) is 72.8 Å². The Kier molecular flexibility index (Phi) is 3.90. The first-order valence-electron chi connectivity index (χ1n) is 6.16. The van der Waals surface area contributed by atoms with E-state index in [4.69, 9.17) is 26.2 Å². The van der Waals surface area contributed by atoms with Gasteiger partial charge < -0.3 is 14.6 Å². The molecule has 1 aliphatic heterocycles. The number of hydrogen-bond acceptors (Lipinski definition) is 4. The predicted octanol–water partition coefficient (Wildman–Crippen LogP) is 2.68. The van der Waals surface area contributed by atoms with Gasteiger partial charge in [-0.1, -0.05) is 25.4 Å². The Labute approximate surface area is 121 Å². The van der Waals surface area contributed by atoms with Gasteiger partial charge in [0, 0.05) is 16.0 Å². The second-order valence-electron chi connectivity index (χ2n) is 5.25. The molecule has 0 saturated heterocycles. The van der Waals surface area contributed by atoms with Gasteiger partial charge in [0.05, 0.1) is 12.0 Å². The van der Waals surface area contributed by atoms with Crippen LogP contribution in [0.1, 0.15) is 36.2 Å². The van der Waals surface area contributed by atoms with Crippen molar-refractivity contribution in [2.75, 3.05) is 13.2 Å². The molecule has 1 N–H and O–H groups in total. The maximum absolute atomic E-state index is 11.1. The summed E-state index contributed by atoms with van der Waals surface area (Å²) in [5, 5.41) is 9.34. The van der Waals surface area contributed by atoms with E-state index < -0.39 is 11.4 Å². The lowest BCUT2D eigenvalue weighted by atomic mass is 9.80. The fraction of sp³-hybridized carbons (Fsp3) is 0.429. The van der Waals surface area contributed by atoms with E-state index in [0.29, 0.717) is 47.1 Å². The SMILES string of the molecule is CC(C)(CC(=O)O)c1c(Cl)cc(C=O)c2c1OCCO2. The smallest absolute Gasteiger partial charge is 0.304 e. The highest BCUT2D eigenvalue weighted by Crippen LogP contribution is 2.47. The zero-order valence-corrected chi connectivity index (χ0v) is 12.0. The summed E-state index contributed by atoms with van der Waals surface area (Å²) >= 11 is 6.23. The van der Waals surface area contributed by atoms with Crippen LogP contribution in [-0.2, 0) is 10.2 Å². The van der Waals surface area contributed by atoms with Crippen molar-refractivity contribution >= 4 is 23.9 Å². The number of carbonyl (C=O) groups excluding carboxylic acids is 1. The first-order chi connectivity index (χ1) is 9.36. The van der Waals surface area contributed by atoms with Gasteiger partial charge in [0.2, 0.25) is 0 Å². The minimum absolute atomic E-state index is 0.108. The predicted molar refractivity (Wildman–Crippen MR) is 73.1 cm³/mol. The number of fused-ring (bicyclic) bond motifs is 1. The molecule has 0 saturated carbocycles. The molecule has 0 unspecified atom stereocenters. The minimum Gasteiger partial charge on any atom is -0.486 e. The van der Waals surface area contributed by atoms with E-state index in [9.17, 15) is 9.59 Å². The molecule has 1 aliphatic rings. The summed E-state index contributed by atoms with van der Waals surface area (Å²) in [6.07, 6.45) is 0.538. The van der Waals surface area contributed by atoms with Crippen molar-refractivity contribution in [2.45, 2.75) is 25.7 Å². The third-order valence-corrected chi connectivity index (χ3v) is 3.49. The van der Waals surface area contributed by atoms with Gasteiger partial charge in [-0.25, -0.2) is 0 Å². The molecule has 5 nitrogen and oxygen atoms in total. The zero-order valence-electron chi connectivity index (χ0n) is 11.2. The first-order valence-corrected chi connectivity index (χ1v) is 6.54. The summed E-state index contributed by atoms with van der Waals surface area (Å²) in [4.78, 5) is 22.1. The van der Waals surface area contributed by atoms with Crippen LogP contribution in [-0.4, -0.2) is 30.6 Å². The second kappa shape index (κ2) is 5.32. The molecule has 2 rings (SSSR count). The molecule has 0 atom stereocenters. The summed E-state index contributed by atoms with van der Waals surface area (Å²) in [7, 11) is 0. The van der Waals surface area contributed by atoms with E-state index in [1.807, 2.05) is 0 Å². The molecule has 0 aromatic heterocycles. The molecule has 0 spiro atoms. The van der Waals surface area contributed by atoms with E-state index >= 15 is 0 Å². The molecule has 108 valence electrons. The molecule has 1 aromatic carbocycles. The monoisotopic (exact) mass is 298 g/mol. The Morgan fingerprint density at radius 1 is 1.40 bits per heavy atom. The van der Waals surface area contributed by atoms with E-state index in [1.165, 1.54) is 6.07 Å². The van der Waals surface area contributed by atoms with Crippen LogP contribution in [0.3, 0.4) is 0 Å². The van der Waals surface area contributed by atoms with E-state index in [2.05, 4.69) is 0 Å². The summed E-state index contributed by atoms with van der Waals surface area (Å²) in [5.74, 6) is -0.225. The van der Waals surface area contributed by atoms with Crippen LogP contribution in [0, 0.1) is 0 Å². The largest absolute Gasteiger partial charge is 0.486 e. The number of carbonyl (C=O) groups is 2. The van der Waals surface area contributed by atoms with Gasteiger partial charge in [-0.05, 0) is 6.07 Å². The molecule has 0 fully saturated rings. The quantitative estimate of drug-likeness (QED) is 0.865. The number of carboxylic acid groups (broad SMARTS) is 1. The number of halogens is 1. The first kappa shape index (κ1) is 14.7. The lowest BCUT2D eigenvalue weighted by molar-refractivity contribution is -0.138. The highest BCUT2D eigenvalue weighted by molar-refractivity contribution is 6.32. The van der Waals surface area contributed by atoms with Gasteiger partial charge >= 0.3 is 5.97 Å². The summed E-state index contributed by atoms with van der Waals surface area (Å²) in [6, 6.07) is 1.49. The zero-order chi connectivity index (χ0) is 14.9. The third-order valence-electron chi connectivity index (χ3n) is 3.19. The molecule has 1 heterocycles. The number of rotatable bonds is 4. The maximum Gasteiger partial charge on any atom is 0.304 e. The van der Waals surface area contributed by atoms with Crippen LogP contribution in [0.15, 0.2) is 6.07 Å². The molecule has 6 heteroatoms. The molecule has 0 amide bonds. The summed E-state index contributed by atoms with van der Waals surface area (Å²) < 4.78 is 11.1. The molecule has 0 bridgehead atoms. The van der Waals surface area contributed by atoms with Crippen molar-refractivity contribution in [1.82, 2.24) is 0 Å². The standard InChI is InChI=1S/C14H15ClO5/c1-14(2,6-10(17)18)11-9(15)5-8(7-16)12-13(11)20-4-3-19-12/h5,7H,3-4,6H2,1-2H3,(H,17,18). The Morgan fingerprint density at radius 3 is 2.55 bits per heavy atom. The summed E-state index contributed by atoms with van der Waals surface area (Å²) in [6.45, 7) is 4.21. The summed E-state index contributed by atoms with van der Waals surface area (Å²) in [5.41, 5.74) is 0.121. The number of aliphatic carboxylic acids is 1. The Bertz CT molecular complexity index is 565. The van der Waals surface area contributed by atoms with Crippen molar-refractivity contribution in [1.29, 1.82) is 0 Å². The highest BCUT2D eigenvalue weighted by atomic mass is 35.5. The van der Waals surface area contributed by atoms with Crippen molar-refractivity contribution in [2.24, 2.45) is 0 Å². The number of benzene rings is 1. The van der Waals surface area contributed by atoms with Gasteiger partial charge in [-0.2, -0.15) is 0 Å². The third kappa shape index (κ3) is 2.58. The number of hydrogen-bond donors (Lipinski definition) is 1. The van der Waals surface area contributed by atoms with Crippen LogP contribution in [0.2, 0.25) is 5.02 Å². The average molecular weight is 299 g/mol. The van der Waals surface area contributed by atoms with Gasteiger partial charge in [0.25, 0.3) is 0 Å². The van der Waals surface area contributed by atoms with Gasteiger partial charge in [0.1, 0.15) is 13.2 Å². The molecule has 1 aromatic rings. The maximum atomic E-state index is 11.1. The Morgan fingerprint density at radius 2 is 2.00 bits per heavy atom. The van der Waals surface area contributed by atoms with Crippen LogP contribution in [0.5, 0.6) is 11.5 Å². The van der Waals surface area contributed by atoms with E-state index in [1.54, 1.807) is 13.8 Å². The van der Waals surface area contributed by atoms with Crippen molar-refractivity contribution in [3.05, 3.63) is 22.2 Å². The number of carboxylic acids is 1. The second-order valence-corrected chi connectivity index (χ2v) is 5.66. The van der Waals surface area contributed by atoms with E-state index in [0.717, 1.165) is 0 Å². The van der Waals surface area contributed by atoms with Crippen molar-refractivity contribution < 1.29 is 24.2 Å².